The molecule has 1 amide bonds. The van der Waals surface area contributed by atoms with Crippen LogP contribution in [-0.4, -0.2) is 50.7 Å². The number of pyridine rings is 1. The highest BCUT2D eigenvalue weighted by Gasteiger charge is 2.37. The number of carbonyl (C=O) groups excluding carboxylic acids is 1. The average Bonchev–Trinajstić information content (AvgIpc) is 3.34. The van der Waals surface area contributed by atoms with Gasteiger partial charge < -0.3 is 10.2 Å². The molecule has 1 N–H and O–H groups in total. The first kappa shape index (κ1) is 18.3. The predicted octanol–water partition coefficient (Wildman–Crippen LogP) is 3.47. The van der Waals surface area contributed by atoms with Gasteiger partial charge in [-0.2, -0.15) is 5.10 Å². The van der Waals surface area contributed by atoms with Crippen molar-refractivity contribution < 1.29 is 4.79 Å². The van der Waals surface area contributed by atoms with Gasteiger partial charge in [0.1, 0.15) is 0 Å². The molecule has 150 valence electrons. The molecule has 4 heterocycles. The van der Waals surface area contributed by atoms with E-state index in [0.717, 1.165) is 41.7 Å². The maximum atomic E-state index is 13.6. The first-order valence-corrected chi connectivity index (χ1v) is 10.6. The van der Waals surface area contributed by atoms with Gasteiger partial charge in [0.2, 0.25) is 0 Å². The standard InChI is InChI=1S/C23H27N5O/c1-3-28-22-20(14-24-28)19(13-21(26-22)15-7-5-4-6-8-15)23(29)27(2)18-11-16-9-10-17(12-18)25-16/h4-8,13-14,16-18,25H,3,9-12H2,1-2H3. The largest absolute Gasteiger partial charge is 0.339 e. The van der Waals surface area contributed by atoms with E-state index in [1.807, 2.05) is 60.0 Å². The van der Waals surface area contributed by atoms with Gasteiger partial charge in [-0.15, -0.1) is 0 Å². The number of nitrogens with zero attached hydrogens (tertiary/aromatic N) is 4. The molecule has 6 nitrogen and oxygen atoms in total. The Labute approximate surface area is 170 Å². The molecule has 2 aromatic heterocycles. The van der Waals surface area contributed by atoms with Gasteiger partial charge in [0.05, 0.1) is 22.8 Å². The summed E-state index contributed by atoms with van der Waals surface area (Å²) in [6, 6.07) is 13.4. The summed E-state index contributed by atoms with van der Waals surface area (Å²) >= 11 is 0. The molecule has 2 aliphatic heterocycles. The van der Waals surface area contributed by atoms with E-state index in [-0.39, 0.29) is 11.9 Å². The first-order chi connectivity index (χ1) is 14.1. The van der Waals surface area contributed by atoms with E-state index < -0.39 is 0 Å². The Balaban J connectivity index is 1.56. The number of rotatable bonds is 4. The second-order valence-electron chi connectivity index (χ2n) is 8.30. The van der Waals surface area contributed by atoms with E-state index in [4.69, 9.17) is 4.98 Å². The molecule has 0 saturated carbocycles. The third-order valence-electron chi connectivity index (χ3n) is 6.52. The normalized spacial score (nSPS) is 23.4. The zero-order valence-electron chi connectivity index (χ0n) is 17.0. The summed E-state index contributed by atoms with van der Waals surface area (Å²) in [6.45, 7) is 2.76. The summed E-state index contributed by atoms with van der Waals surface area (Å²) in [7, 11) is 1.95. The summed E-state index contributed by atoms with van der Waals surface area (Å²) in [5.41, 5.74) is 3.29. The van der Waals surface area contributed by atoms with Crippen LogP contribution in [0.3, 0.4) is 0 Å². The molecule has 2 unspecified atom stereocenters. The van der Waals surface area contributed by atoms with Crippen molar-refractivity contribution in [2.24, 2.45) is 0 Å². The van der Waals surface area contributed by atoms with Gasteiger partial charge >= 0.3 is 0 Å². The Morgan fingerprint density at radius 2 is 1.93 bits per heavy atom. The van der Waals surface area contributed by atoms with Gasteiger partial charge in [-0.05, 0) is 38.7 Å². The maximum absolute atomic E-state index is 13.6. The van der Waals surface area contributed by atoms with Gasteiger partial charge in [0, 0.05) is 37.3 Å². The number of piperidine rings is 1. The Hall–Kier alpha value is -2.73. The molecule has 6 heteroatoms. The number of carbonyl (C=O) groups is 1. The Bertz CT molecular complexity index is 1030. The number of nitrogens with one attached hydrogen (secondary N) is 1. The summed E-state index contributed by atoms with van der Waals surface area (Å²) in [5, 5.41) is 8.97. The number of aromatic nitrogens is 3. The molecule has 0 radical (unpaired) electrons. The van der Waals surface area contributed by atoms with Crippen LogP contribution in [-0.2, 0) is 6.54 Å². The second kappa shape index (κ2) is 7.26. The molecular weight excluding hydrogens is 362 g/mol. The van der Waals surface area contributed by atoms with Crippen LogP contribution in [0.4, 0.5) is 0 Å². The number of fused-ring (bicyclic) bond motifs is 3. The lowest BCUT2D eigenvalue weighted by Gasteiger charge is -2.35. The number of aryl methyl sites for hydroxylation is 1. The summed E-state index contributed by atoms with van der Waals surface area (Å²) in [6.07, 6.45) is 6.31. The highest BCUT2D eigenvalue weighted by atomic mass is 16.2. The molecule has 0 spiro atoms. The van der Waals surface area contributed by atoms with E-state index in [2.05, 4.69) is 10.4 Å². The third kappa shape index (κ3) is 3.21. The average molecular weight is 390 g/mol. The van der Waals surface area contributed by atoms with Gasteiger partial charge in [-0.1, -0.05) is 30.3 Å². The van der Waals surface area contributed by atoms with Crippen LogP contribution in [0.2, 0.25) is 0 Å². The minimum Gasteiger partial charge on any atom is -0.339 e. The molecule has 2 fully saturated rings. The quantitative estimate of drug-likeness (QED) is 0.742. The van der Waals surface area contributed by atoms with E-state index in [1.165, 1.54) is 12.8 Å². The van der Waals surface area contributed by atoms with Crippen LogP contribution in [0.5, 0.6) is 0 Å². The molecule has 3 aromatic rings. The molecule has 2 atom stereocenters. The minimum absolute atomic E-state index is 0.0662. The van der Waals surface area contributed by atoms with Gasteiger partial charge in [-0.25, -0.2) is 9.67 Å². The summed E-state index contributed by atoms with van der Waals surface area (Å²) in [4.78, 5) is 20.4. The molecule has 2 saturated heterocycles. The second-order valence-corrected chi connectivity index (χ2v) is 8.30. The topological polar surface area (TPSA) is 63.1 Å². The van der Waals surface area contributed by atoms with E-state index in [1.54, 1.807) is 6.20 Å². The lowest BCUT2D eigenvalue weighted by molar-refractivity contribution is 0.0683. The van der Waals surface area contributed by atoms with Crippen LogP contribution >= 0.6 is 0 Å². The predicted molar refractivity (Wildman–Crippen MR) is 114 cm³/mol. The van der Waals surface area contributed by atoms with Crippen molar-refractivity contribution >= 4 is 16.9 Å². The van der Waals surface area contributed by atoms with Crippen LogP contribution in [0.1, 0.15) is 43.0 Å². The molecule has 0 aliphatic carbocycles. The van der Waals surface area contributed by atoms with E-state index >= 15 is 0 Å². The number of hydrogen-bond donors (Lipinski definition) is 1. The fraction of sp³-hybridized carbons (Fsp3) is 0.435. The first-order valence-electron chi connectivity index (χ1n) is 10.6. The van der Waals surface area contributed by atoms with Crippen molar-refractivity contribution in [3.63, 3.8) is 0 Å². The number of amides is 1. The zero-order chi connectivity index (χ0) is 20.0. The van der Waals surface area contributed by atoms with Gasteiger partial charge in [-0.3, -0.25) is 4.79 Å². The monoisotopic (exact) mass is 389 g/mol. The highest BCUT2D eigenvalue weighted by molar-refractivity contribution is 6.06. The van der Waals surface area contributed by atoms with Crippen molar-refractivity contribution in [2.75, 3.05) is 7.05 Å². The van der Waals surface area contributed by atoms with Crippen molar-refractivity contribution in [1.29, 1.82) is 0 Å². The highest BCUT2D eigenvalue weighted by Crippen LogP contribution is 2.31. The lowest BCUT2D eigenvalue weighted by atomic mass is 9.97. The lowest BCUT2D eigenvalue weighted by Crippen LogP contribution is -2.48. The van der Waals surface area contributed by atoms with Crippen LogP contribution in [0.15, 0.2) is 42.6 Å². The van der Waals surface area contributed by atoms with Gasteiger partial charge in [0.25, 0.3) is 5.91 Å². The van der Waals surface area contributed by atoms with Crippen molar-refractivity contribution in [3.05, 3.63) is 48.2 Å². The van der Waals surface area contributed by atoms with Crippen LogP contribution < -0.4 is 5.32 Å². The number of benzene rings is 1. The SMILES string of the molecule is CCn1ncc2c(C(=O)N(C)C3CC4CCC(C3)N4)cc(-c3ccccc3)nc21. The molecule has 29 heavy (non-hydrogen) atoms. The minimum atomic E-state index is 0.0662. The Morgan fingerprint density at radius 1 is 1.21 bits per heavy atom. The smallest absolute Gasteiger partial charge is 0.254 e. The fourth-order valence-electron chi connectivity index (χ4n) is 4.91. The third-order valence-corrected chi connectivity index (χ3v) is 6.52. The Kier molecular flexibility index (Phi) is 4.59. The van der Waals surface area contributed by atoms with Crippen molar-refractivity contribution in [3.8, 4) is 11.3 Å². The fourth-order valence-corrected chi connectivity index (χ4v) is 4.91. The van der Waals surface area contributed by atoms with E-state index in [0.29, 0.717) is 17.6 Å². The zero-order valence-corrected chi connectivity index (χ0v) is 17.0. The summed E-state index contributed by atoms with van der Waals surface area (Å²) < 4.78 is 1.86. The van der Waals surface area contributed by atoms with E-state index in [9.17, 15) is 4.79 Å². The molecular formula is C23H27N5O. The van der Waals surface area contributed by atoms with Crippen LogP contribution in [0.25, 0.3) is 22.3 Å². The molecule has 5 rings (SSSR count). The number of hydrogen-bond acceptors (Lipinski definition) is 4. The van der Waals surface area contributed by atoms with Crippen molar-refractivity contribution in [2.45, 2.75) is 57.3 Å². The van der Waals surface area contributed by atoms with Gasteiger partial charge in [0.15, 0.2) is 5.65 Å². The van der Waals surface area contributed by atoms with Crippen molar-refractivity contribution in [1.82, 2.24) is 25.0 Å². The van der Waals surface area contributed by atoms with Crippen LogP contribution in [0, 0.1) is 0 Å². The Morgan fingerprint density at radius 3 is 2.62 bits per heavy atom. The molecule has 1 aromatic carbocycles. The molecule has 2 bridgehead atoms. The summed E-state index contributed by atoms with van der Waals surface area (Å²) in [5.74, 6) is 0.0662. The maximum Gasteiger partial charge on any atom is 0.254 e. The molecule has 2 aliphatic rings.